The van der Waals surface area contributed by atoms with Crippen molar-refractivity contribution in [2.45, 2.75) is 51.2 Å². The van der Waals surface area contributed by atoms with Gasteiger partial charge in [-0.1, -0.05) is 6.07 Å². The molecule has 17 heteroatoms. The number of carbonyl (C=O) groups is 5. The molecule has 6 heterocycles. The molecule has 4 aliphatic heterocycles. The van der Waals surface area contributed by atoms with Crippen LogP contribution in [0.15, 0.2) is 47.3 Å². The Morgan fingerprint density at radius 3 is 2.33 bits per heavy atom. The van der Waals surface area contributed by atoms with Crippen LogP contribution in [0.1, 0.15) is 68.1 Å². The first-order valence-corrected chi connectivity index (χ1v) is 18.2. The molecule has 3 saturated heterocycles. The van der Waals surface area contributed by atoms with Gasteiger partial charge in [-0.2, -0.15) is 4.39 Å². The fraction of sp³-hybridized carbons (Fsp3) is 0.368. The fourth-order valence-corrected chi connectivity index (χ4v) is 7.75. The summed E-state index contributed by atoms with van der Waals surface area (Å²) in [5.74, 6) is -4.01. The Kier molecular flexibility index (Phi) is 9.32. The van der Waals surface area contributed by atoms with Crippen LogP contribution in [0.4, 0.5) is 20.2 Å². The zero-order valence-corrected chi connectivity index (χ0v) is 29.9. The Morgan fingerprint density at radius 1 is 0.855 bits per heavy atom. The van der Waals surface area contributed by atoms with Crippen LogP contribution in [0, 0.1) is 18.7 Å². The summed E-state index contributed by atoms with van der Waals surface area (Å²) in [4.78, 5) is 93.0. The van der Waals surface area contributed by atoms with E-state index in [1.807, 2.05) is 14.7 Å². The van der Waals surface area contributed by atoms with E-state index in [0.29, 0.717) is 69.7 Å². The number of piperidine rings is 2. The normalized spacial score (nSPS) is 19.6. The van der Waals surface area contributed by atoms with Crippen LogP contribution in [-0.4, -0.2) is 106 Å². The summed E-state index contributed by atoms with van der Waals surface area (Å²) in [6, 6.07) is 10.1. The minimum Gasteiger partial charge on any atom is -0.371 e. The molecule has 15 nitrogen and oxygen atoms in total. The molecule has 0 bridgehead atoms. The second-order valence-electron chi connectivity index (χ2n) is 14.3. The molecular formula is C38H37F2N9O6. The number of hydrogen-bond donors (Lipinski definition) is 3. The number of carbonyl (C=O) groups excluding carboxylic acids is 5. The fourth-order valence-electron chi connectivity index (χ4n) is 7.75. The summed E-state index contributed by atoms with van der Waals surface area (Å²) in [5, 5.41) is 5.14. The molecule has 2 aromatic carbocycles. The van der Waals surface area contributed by atoms with Crippen molar-refractivity contribution in [3.63, 3.8) is 0 Å². The molecule has 55 heavy (non-hydrogen) atoms. The third-order valence-corrected chi connectivity index (χ3v) is 10.8. The van der Waals surface area contributed by atoms with Gasteiger partial charge in [-0.15, -0.1) is 0 Å². The zero-order valence-electron chi connectivity index (χ0n) is 29.9. The van der Waals surface area contributed by atoms with Gasteiger partial charge in [-0.05, 0) is 62.6 Å². The molecule has 1 atom stereocenters. The standard InChI is InChI=1S/C38H37F2N9O6/c1-20-34(51)45-32-26(41-20)5-2-21(31(32)39)19-46-14-16-48(17-15-46)28-7-6-27(43-33(28)40)35(52)42-22-10-12-47(13-11-22)23-3-4-24-25(18-23)38(55)49(37(24)54)29-8-9-30(50)44-36(29)53/h2-7,18,22,29H,8-17,19H2,1H3,(H,42,52)(H,45,51)(H,44,50,53)/t29-/m1/s1. The first-order chi connectivity index (χ1) is 26.4. The number of amides is 5. The molecule has 4 aliphatic rings. The van der Waals surface area contributed by atoms with E-state index in [-0.39, 0.29) is 52.6 Å². The van der Waals surface area contributed by atoms with Crippen molar-refractivity contribution in [3.05, 3.63) is 92.7 Å². The Balaban J connectivity index is 0.833. The van der Waals surface area contributed by atoms with Crippen LogP contribution >= 0.6 is 0 Å². The second kappa shape index (κ2) is 14.3. The van der Waals surface area contributed by atoms with Crippen molar-refractivity contribution in [3.8, 4) is 0 Å². The SMILES string of the molecule is Cc1nc2ccc(CN3CCN(c4ccc(C(=O)NC5CCN(c6ccc7c(c6)C(=O)N([C@@H]6CCC(=O)NC6=O)C7=O)CC5)nc4F)CC3)c(F)c2[nH]c1=O. The minimum absolute atomic E-state index is 0.0409. The quantitative estimate of drug-likeness (QED) is 0.186. The van der Waals surface area contributed by atoms with Crippen molar-refractivity contribution in [1.82, 2.24) is 35.4 Å². The summed E-state index contributed by atoms with van der Waals surface area (Å²) in [6.07, 6.45) is 1.26. The van der Waals surface area contributed by atoms with Gasteiger partial charge < -0.3 is 20.1 Å². The highest BCUT2D eigenvalue weighted by Crippen LogP contribution is 2.32. The van der Waals surface area contributed by atoms with Crippen LogP contribution < -0.4 is 26.0 Å². The summed E-state index contributed by atoms with van der Waals surface area (Å²) in [5.41, 5.74) is 2.07. The number of anilines is 2. The lowest BCUT2D eigenvalue weighted by molar-refractivity contribution is -0.136. The topological polar surface area (TPSA) is 181 Å². The van der Waals surface area contributed by atoms with Crippen LogP contribution in [0.25, 0.3) is 11.0 Å². The monoisotopic (exact) mass is 753 g/mol. The van der Waals surface area contributed by atoms with E-state index in [2.05, 4.69) is 25.6 Å². The maximum absolute atomic E-state index is 15.3. The third-order valence-electron chi connectivity index (χ3n) is 10.8. The second-order valence-corrected chi connectivity index (χ2v) is 14.3. The number of pyridine rings is 1. The van der Waals surface area contributed by atoms with Gasteiger partial charge in [-0.25, -0.2) is 14.4 Å². The number of aromatic amines is 1. The summed E-state index contributed by atoms with van der Waals surface area (Å²) in [7, 11) is 0. The number of imide groups is 2. The van der Waals surface area contributed by atoms with Crippen molar-refractivity contribution in [2.75, 3.05) is 49.1 Å². The van der Waals surface area contributed by atoms with E-state index in [1.54, 1.807) is 43.3 Å². The number of rotatable bonds is 7. The van der Waals surface area contributed by atoms with Crippen LogP contribution in [-0.2, 0) is 16.1 Å². The molecule has 0 saturated carbocycles. The summed E-state index contributed by atoms with van der Waals surface area (Å²) in [6.45, 7) is 4.94. The smallest absolute Gasteiger partial charge is 0.270 e. The largest absolute Gasteiger partial charge is 0.371 e. The number of nitrogens with one attached hydrogen (secondary N) is 3. The van der Waals surface area contributed by atoms with Crippen molar-refractivity contribution < 1.29 is 32.8 Å². The average Bonchev–Trinajstić information content (AvgIpc) is 3.42. The van der Waals surface area contributed by atoms with E-state index >= 15 is 8.78 Å². The third kappa shape index (κ3) is 6.79. The molecule has 0 radical (unpaired) electrons. The maximum atomic E-state index is 15.3. The first kappa shape index (κ1) is 35.9. The predicted octanol–water partition coefficient (Wildman–Crippen LogP) is 2.03. The Bertz CT molecular complexity index is 2340. The van der Waals surface area contributed by atoms with Crippen molar-refractivity contribution in [1.29, 1.82) is 0 Å². The molecule has 284 valence electrons. The number of aryl methyl sites for hydroxylation is 1. The van der Waals surface area contributed by atoms with Gasteiger partial charge in [-0.3, -0.25) is 43.9 Å². The highest BCUT2D eigenvalue weighted by Gasteiger charge is 2.45. The van der Waals surface area contributed by atoms with Crippen molar-refractivity contribution in [2.24, 2.45) is 0 Å². The number of nitrogens with zero attached hydrogens (tertiary/aromatic N) is 6. The van der Waals surface area contributed by atoms with Gasteiger partial charge >= 0.3 is 0 Å². The molecular weight excluding hydrogens is 716 g/mol. The maximum Gasteiger partial charge on any atom is 0.270 e. The van der Waals surface area contributed by atoms with Gasteiger partial charge in [0.05, 0.1) is 22.3 Å². The van der Waals surface area contributed by atoms with Gasteiger partial charge in [0.15, 0.2) is 5.82 Å². The van der Waals surface area contributed by atoms with E-state index in [0.717, 1.165) is 10.6 Å². The number of aromatic nitrogens is 3. The number of benzene rings is 2. The molecule has 4 aromatic rings. The molecule has 0 spiro atoms. The molecule has 0 unspecified atom stereocenters. The zero-order chi connectivity index (χ0) is 38.5. The van der Waals surface area contributed by atoms with Gasteiger partial charge in [0.2, 0.25) is 17.8 Å². The number of H-pyrrole nitrogens is 1. The van der Waals surface area contributed by atoms with Crippen LogP contribution in [0.3, 0.4) is 0 Å². The molecule has 2 aromatic heterocycles. The lowest BCUT2D eigenvalue weighted by atomic mass is 10.0. The lowest BCUT2D eigenvalue weighted by Crippen LogP contribution is -2.54. The number of fused-ring (bicyclic) bond motifs is 2. The molecule has 0 aliphatic carbocycles. The van der Waals surface area contributed by atoms with Crippen molar-refractivity contribution >= 4 is 51.9 Å². The van der Waals surface area contributed by atoms with Crippen LogP contribution in [0.5, 0.6) is 0 Å². The number of piperazine rings is 1. The minimum atomic E-state index is -1.04. The summed E-state index contributed by atoms with van der Waals surface area (Å²) < 4.78 is 30.5. The Hall–Kier alpha value is -6.10. The van der Waals surface area contributed by atoms with E-state index in [9.17, 15) is 28.8 Å². The summed E-state index contributed by atoms with van der Waals surface area (Å²) >= 11 is 0. The number of halogens is 2. The number of hydrogen-bond acceptors (Lipinski definition) is 11. The van der Waals surface area contributed by atoms with E-state index in [1.165, 1.54) is 6.07 Å². The highest BCUT2D eigenvalue weighted by atomic mass is 19.1. The van der Waals surface area contributed by atoms with E-state index < -0.39 is 52.9 Å². The van der Waals surface area contributed by atoms with Gasteiger partial charge in [0.25, 0.3) is 23.3 Å². The lowest BCUT2D eigenvalue weighted by Gasteiger charge is -2.36. The van der Waals surface area contributed by atoms with E-state index in [4.69, 9.17) is 0 Å². The first-order valence-electron chi connectivity index (χ1n) is 18.2. The van der Waals surface area contributed by atoms with Crippen LogP contribution in [0.2, 0.25) is 0 Å². The predicted molar refractivity (Wildman–Crippen MR) is 195 cm³/mol. The average molecular weight is 754 g/mol. The van der Waals surface area contributed by atoms with Gasteiger partial charge in [0, 0.05) is 69.5 Å². The molecule has 3 N–H and O–H groups in total. The Morgan fingerprint density at radius 2 is 1.60 bits per heavy atom. The molecule has 3 fully saturated rings. The Labute approximate surface area is 312 Å². The highest BCUT2D eigenvalue weighted by molar-refractivity contribution is 6.23. The van der Waals surface area contributed by atoms with Gasteiger partial charge in [0.1, 0.15) is 22.9 Å². The molecule has 5 amide bonds. The molecule has 8 rings (SSSR count).